The molecule has 1 saturated heterocycles. The quantitative estimate of drug-likeness (QED) is 0.561. The molecule has 4 rings (SSSR count). The Hall–Kier alpha value is -2.96. The van der Waals surface area contributed by atoms with Gasteiger partial charge in [-0.15, -0.1) is 5.10 Å². The van der Waals surface area contributed by atoms with Crippen molar-refractivity contribution in [1.29, 1.82) is 0 Å². The van der Waals surface area contributed by atoms with Crippen LogP contribution in [-0.4, -0.2) is 71.1 Å². The van der Waals surface area contributed by atoms with Gasteiger partial charge in [0.05, 0.1) is 19.3 Å². The minimum Gasteiger partial charge on any atom is -0.497 e. The third-order valence-electron chi connectivity index (χ3n) is 5.06. The molecule has 2 aromatic carbocycles. The van der Waals surface area contributed by atoms with Crippen LogP contribution in [0.2, 0.25) is 0 Å². The van der Waals surface area contributed by atoms with Crippen molar-refractivity contribution in [3.8, 4) is 11.4 Å². The summed E-state index contributed by atoms with van der Waals surface area (Å²) >= 11 is 0. The molecule has 0 spiro atoms. The zero-order valence-electron chi connectivity index (χ0n) is 16.6. The Labute approximate surface area is 177 Å². The summed E-state index contributed by atoms with van der Waals surface area (Å²) in [5.41, 5.74) is 0.772. The van der Waals surface area contributed by atoms with Gasteiger partial charge in [-0.2, -0.15) is 8.99 Å². The Balaban J connectivity index is 1.43. The molecule has 0 saturated carbocycles. The predicted molar refractivity (Wildman–Crippen MR) is 106 cm³/mol. The van der Waals surface area contributed by atoms with Crippen LogP contribution in [-0.2, 0) is 16.6 Å². The summed E-state index contributed by atoms with van der Waals surface area (Å²) < 4.78 is 60.5. The zero-order valence-corrected chi connectivity index (χ0v) is 17.5. The Morgan fingerprint density at radius 3 is 2.39 bits per heavy atom. The van der Waals surface area contributed by atoms with Gasteiger partial charge < -0.3 is 4.74 Å². The normalized spacial score (nSPS) is 15.8. The van der Waals surface area contributed by atoms with Gasteiger partial charge in [-0.3, -0.25) is 4.90 Å². The molecule has 12 heteroatoms. The van der Waals surface area contributed by atoms with Gasteiger partial charge in [0.2, 0.25) is 10.0 Å². The first-order valence-electron chi connectivity index (χ1n) is 9.48. The van der Waals surface area contributed by atoms with Gasteiger partial charge in [-0.25, -0.2) is 17.2 Å². The van der Waals surface area contributed by atoms with Gasteiger partial charge in [0.25, 0.3) is 0 Å². The largest absolute Gasteiger partial charge is 0.497 e. The van der Waals surface area contributed by atoms with Gasteiger partial charge in [0.15, 0.2) is 5.82 Å². The molecule has 0 N–H and O–H groups in total. The van der Waals surface area contributed by atoms with E-state index in [1.165, 1.54) is 4.31 Å². The van der Waals surface area contributed by atoms with Gasteiger partial charge in [-0.05, 0) is 46.8 Å². The summed E-state index contributed by atoms with van der Waals surface area (Å²) in [7, 11) is -2.46. The van der Waals surface area contributed by atoms with Gasteiger partial charge in [0, 0.05) is 32.2 Å². The molecule has 0 radical (unpaired) electrons. The van der Waals surface area contributed by atoms with Crippen molar-refractivity contribution in [3.63, 3.8) is 0 Å². The van der Waals surface area contributed by atoms with Crippen LogP contribution < -0.4 is 4.74 Å². The van der Waals surface area contributed by atoms with Crippen LogP contribution in [0.1, 0.15) is 5.82 Å². The molecule has 164 valence electrons. The number of aromatic nitrogens is 4. The van der Waals surface area contributed by atoms with Crippen LogP contribution in [0.5, 0.6) is 5.75 Å². The lowest BCUT2D eigenvalue weighted by molar-refractivity contribution is 0.176. The van der Waals surface area contributed by atoms with Gasteiger partial charge in [-0.1, -0.05) is 0 Å². The smallest absolute Gasteiger partial charge is 0.246 e. The van der Waals surface area contributed by atoms with E-state index < -0.39 is 26.6 Å². The number of piperazine rings is 1. The summed E-state index contributed by atoms with van der Waals surface area (Å²) in [4.78, 5) is 1.49. The second-order valence-corrected chi connectivity index (χ2v) is 8.87. The average molecular weight is 450 g/mol. The molecule has 0 bridgehead atoms. The van der Waals surface area contributed by atoms with Crippen LogP contribution in [0.3, 0.4) is 0 Å². The first kappa shape index (κ1) is 21.3. The van der Waals surface area contributed by atoms with Crippen LogP contribution >= 0.6 is 0 Å². The number of methoxy groups -OCH3 is 1. The van der Waals surface area contributed by atoms with Gasteiger partial charge in [0.1, 0.15) is 22.3 Å². The first-order valence-corrected chi connectivity index (χ1v) is 10.9. The third-order valence-corrected chi connectivity index (χ3v) is 6.99. The number of sulfonamides is 1. The highest BCUT2D eigenvalue weighted by atomic mass is 32.2. The van der Waals surface area contributed by atoms with E-state index in [1.807, 2.05) is 17.0 Å². The molecule has 3 aromatic rings. The second-order valence-electron chi connectivity index (χ2n) is 6.96. The van der Waals surface area contributed by atoms with E-state index >= 15 is 0 Å². The van der Waals surface area contributed by atoms with Crippen molar-refractivity contribution in [2.75, 3.05) is 33.3 Å². The Morgan fingerprint density at radius 1 is 1.03 bits per heavy atom. The molecule has 1 aliphatic rings. The lowest BCUT2D eigenvalue weighted by Crippen LogP contribution is -2.48. The first-order chi connectivity index (χ1) is 14.9. The summed E-state index contributed by atoms with van der Waals surface area (Å²) in [6, 6.07) is 9.74. The molecule has 0 unspecified atom stereocenters. The SMILES string of the molecule is COc1ccc(-n2nnnc2CN2CCN(S(=O)(=O)c3ccc(F)cc3F)CC2)cc1. The monoisotopic (exact) mass is 450 g/mol. The fourth-order valence-electron chi connectivity index (χ4n) is 3.38. The van der Waals surface area contributed by atoms with E-state index in [2.05, 4.69) is 15.5 Å². The fourth-order valence-corrected chi connectivity index (χ4v) is 4.85. The maximum atomic E-state index is 14.0. The van der Waals surface area contributed by atoms with Crippen LogP contribution in [0.25, 0.3) is 5.69 Å². The molecule has 0 aliphatic carbocycles. The number of benzene rings is 2. The number of ether oxygens (including phenoxy) is 1. The van der Waals surface area contributed by atoms with Crippen molar-refractivity contribution in [2.45, 2.75) is 11.4 Å². The summed E-state index contributed by atoms with van der Waals surface area (Å²) in [6.45, 7) is 1.58. The van der Waals surface area contributed by atoms with E-state index in [4.69, 9.17) is 4.74 Å². The number of hydrogen-bond acceptors (Lipinski definition) is 7. The molecular formula is C19H20F2N6O3S. The lowest BCUT2D eigenvalue weighted by atomic mass is 10.3. The minimum atomic E-state index is -4.05. The predicted octanol–water partition coefficient (Wildman–Crippen LogP) is 1.46. The zero-order chi connectivity index (χ0) is 22.0. The summed E-state index contributed by atoms with van der Waals surface area (Å²) in [6.07, 6.45) is 0. The second kappa shape index (κ2) is 8.65. The molecule has 0 atom stereocenters. The van der Waals surface area contributed by atoms with Crippen molar-refractivity contribution >= 4 is 10.0 Å². The maximum absolute atomic E-state index is 14.0. The topological polar surface area (TPSA) is 93.4 Å². The highest BCUT2D eigenvalue weighted by Crippen LogP contribution is 2.22. The number of halogens is 2. The highest BCUT2D eigenvalue weighted by molar-refractivity contribution is 7.89. The number of tetrazole rings is 1. The molecule has 9 nitrogen and oxygen atoms in total. The standard InChI is InChI=1S/C19H20F2N6O3S/c1-30-16-5-3-15(4-6-16)27-19(22-23-24-27)13-25-8-10-26(11-9-25)31(28,29)18-7-2-14(20)12-17(18)21/h2-7,12H,8-11,13H2,1H3. The lowest BCUT2D eigenvalue weighted by Gasteiger charge is -2.33. The summed E-state index contributed by atoms with van der Waals surface area (Å²) in [5.74, 6) is -0.601. The molecule has 1 aromatic heterocycles. The van der Waals surface area contributed by atoms with E-state index in [1.54, 1.807) is 23.9 Å². The fraction of sp³-hybridized carbons (Fsp3) is 0.316. The van der Waals surface area contributed by atoms with Crippen LogP contribution in [0.15, 0.2) is 47.4 Å². The van der Waals surface area contributed by atoms with E-state index in [0.717, 1.165) is 17.8 Å². The molecule has 2 heterocycles. The van der Waals surface area contributed by atoms with E-state index in [-0.39, 0.29) is 13.1 Å². The highest BCUT2D eigenvalue weighted by Gasteiger charge is 2.31. The van der Waals surface area contributed by atoms with Crippen LogP contribution in [0, 0.1) is 11.6 Å². The molecule has 1 aliphatic heterocycles. The number of hydrogen-bond donors (Lipinski definition) is 0. The molecule has 0 amide bonds. The number of nitrogens with zero attached hydrogens (tertiary/aromatic N) is 6. The summed E-state index contributed by atoms with van der Waals surface area (Å²) in [5, 5.41) is 11.8. The minimum absolute atomic E-state index is 0.170. The Kier molecular flexibility index (Phi) is 5.94. The molecule has 1 fully saturated rings. The van der Waals surface area contributed by atoms with Gasteiger partial charge >= 0.3 is 0 Å². The Bertz CT molecular complexity index is 1160. The number of rotatable bonds is 6. The Morgan fingerprint density at radius 2 is 1.74 bits per heavy atom. The van der Waals surface area contributed by atoms with Crippen molar-refractivity contribution in [1.82, 2.24) is 29.4 Å². The van der Waals surface area contributed by atoms with Crippen molar-refractivity contribution in [3.05, 3.63) is 59.9 Å². The van der Waals surface area contributed by atoms with Crippen molar-refractivity contribution in [2.24, 2.45) is 0 Å². The van der Waals surface area contributed by atoms with E-state index in [0.29, 0.717) is 37.3 Å². The average Bonchev–Trinajstić information content (AvgIpc) is 3.22. The molecular weight excluding hydrogens is 430 g/mol. The molecule has 31 heavy (non-hydrogen) atoms. The van der Waals surface area contributed by atoms with E-state index in [9.17, 15) is 17.2 Å². The maximum Gasteiger partial charge on any atom is 0.246 e. The van der Waals surface area contributed by atoms with Crippen molar-refractivity contribution < 1.29 is 21.9 Å². The third kappa shape index (κ3) is 4.40. The van der Waals surface area contributed by atoms with Crippen LogP contribution in [0.4, 0.5) is 8.78 Å².